The maximum absolute atomic E-state index is 12.6. The van der Waals surface area contributed by atoms with Crippen molar-refractivity contribution in [2.75, 3.05) is 11.1 Å². The lowest BCUT2D eigenvalue weighted by molar-refractivity contribution is 0.102. The molecule has 0 atom stereocenters. The Morgan fingerprint density at radius 2 is 2.15 bits per heavy atom. The molecule has 0 saturated carbocycles. The Hall–Kier alpha value is -4.09. The number of hydrogen-bond acceptors (Lipinski definition) is 9. The molecule has 0 aliphatic carbocycles. The molecule has 0 unspecified atom stereocenters. The number of aromatic nitrogens is 8. The Labute approximate surface area is 152 Å². The Kier molecular flexibility index (Phi) is 3.84. The van der Waals surface area contributed by atoms with Crippen molar-refractivity contribution in [2.45, 2.75) is 0 Å². The molecule has 0 saturated heterocycles. The molecule has 0 aliphatic heterocycles. The second-order valence-electron chi connectivity index (χ2n) is 5.63. The molecule has 0 aromatic carbocycles. The number of tetrazole rings is 1. The summed E-state index contributed by atoms with van der Waals surface area (Å²) in [5, 5.41) is 18.8. The van der Waals surface area contributed by atoms with Gasteiger partial charge in [0.25, 0.3) is 5.91 Å². The van der Waals surface area contributed by atoms with Crippen molar-refractivity contribution in [2.24, 2.45) is 14.1 Å². The number of amides is 1. The molecule has 0 fully saturated rings. The fourth-order valence-electron chi connectivity index (χ4n) is 2.40. The summed E-state index contributed by atoms with van der Waals surface area (Å²) in [5.74, 6) is 0.413. The zero-order valence-electron chi connectivity index (χ0n) is 14.4. The largest absolute Gasteiger partial charge is 0.444 e. The van der Waals surface area contributed by atoms with E-state index in [2.05, 4.69) is 35.8 Å². The average Bonchev–Trinajstić information content (AvgIpc) is 3.35. The summed E-state index contributed by atoms with van der Waals surface area (Å²) in [7, 11) is 3.36. The number of anilines is 2. The van der Waals surface area contributed by atoms with E-state index in [1.165, 1.54) is 21.9 Å². The molecule has 1 amide bonds. The van der Waals surface area contributed by atoms with Crippen LogP contribution in [0, 0.1) is 0 Å². The van der Waals surface area contributed by atoms with Crippen LogP contribution in [-0.2, 0) is 14.1 Å². The van der Waals surface area contributed by atoms with Crippen molar-refractivity contribution in [3.05, 3.63) is 36.5 Å². The Balaban J connectivity index is 1.59. The van der Waals surface area contributed by atoms with Crippen LogP contribution in [0.15, 0.2) is 35.2 Å². The first-order valence-corrected chi connectivity index (χ1v) is 7.76. The van der Waals surface area contributed by atoms with Crippen LogP contribution in [0.4, 0.5) is 11.5 Å². The number of nitrogens with zero attached hydrogens (tertiary/aromatic N) is 8. The van der Waals surface area contributed by atoms with Crippen LogP contribution in [0.3, 0.4) is 0 Å². The van der Waals surface area contributed by atoms with Crippen molar-refractivity contribution in [3.8, 4) is 23.0 Å². The van der Waals surface area contributed by atoms with Gasteiger partial charge in [0.05, 0.1) is 12.7 Å². The Morgan fingerprint density at radius 3 is 2.89 bits per heavy atom. The first-order chi connectivity index (χ1) is 13.0. The van der Waals surface area contributed by atoms with E-state index in [0.29, 0.717) is 28.6 Å². The van der Waals surface area contributed by atoms with Gasteiger partial charge in [-0.25, -0.2) is 9.97 Å². The minimum atomic E-state index is -0.467. The van der Waals surface area contributed by atoms with Crippen LogP contribution in [0.1, 0.15) is 10.5 Å². The number of nitrogens with one attached hydrogen (secondary N) is 1. The molecule has 4 heterocycles. The maximum Gasteiger partial charge on any atom is 0.277 e. The van der Waals surface area contributed by atoms with Gasteiger partial charge in [-0.15, -0.1) is 10.2 Å². The van der Waals surface area contributed by atoms with Gasteiger partial charge in [-0.3, -0.25) is 9.48 Å². The van der Waals surface area contributed by atoms with Gasteiger partial charge in [0.15, 0.2) is 11.4 Å². The van der Waals surface area contributed by atoms with E-state index in [-0.39, 0.29) is 11.6 Å². The van der Waals surface area contributed by atoms with Crippen LogP contribution in [-0.4, -0.2) is 45.9 Å². The van der Waals surface area contributed by atoms with Gasteiger partial charge in [0.2, 0.25) is 11.7 Å². The first kappa shape index (κ1) is 16.4. The van der Waals surface area contributed by atoms with Gasteiger partial charge in [0, 0.05) is 25.0 Å². The number of hydrogen-bond donors (Lipinski definition) is 2. The molecule has 4 aromatic rings. The summed E-state index contributed by atoms with van der Waals surface area (Å²) in [6, 6.07) is 3.29. The standard InChI is InChI=1S/C15H14N10O2/c1-24-6-9(12(21-24)13-20-23-25(2)22-13)18-14(26)10-7-27-15(19-10)8-3-4-17-11(16)5-8/h3-7H,1-2H3,(H2,16,17)(H,18,26). The highest BCUT2D eigenvalue weighted by molar-refractivity contribution is 6.04. The molecular formula is C15H14N10O2. The van der Waals surface area contributed by atoms with E-state index in [9.17, 15) is 4.79 Å². The molecule has 27 heavy (non-hydrogen) atoms. The fourth-order valence-corrected chi connectivity index (χ4v) is 2.40. The van der Waals surface area contributed by atoms with Crippen LogP contribution in [0.25, 0.3) is 23.0 Å². The summed E-state index contributed by atoms with van der Waals surface area (Å²) >= 11 is 0. The molecule has 3 N–H and O–H groups in total. The van der Waals surface area contributed by atoms with E-state index >= 15 is 0 Å². The summed E-state index contributed by atoms with van der Waals surface area (Å²) < 4.78 is 6.91. The van der Waals surface area contributed by atoms with Gasteiger partial charge >= 0.3 is 0 Å². The van der Waals surface area contributed by atoms with Crippen molar-refractivity contribution in [3.63, 3.8) is 0 Å². The monoisotopic (exact) mass is 366 g/mol. The number of nitrogen functional groups attached to an aromatic ring is 1. The zero-order valence-corrected chi connectivity index (χ0v) is 14.4. The van der Waals surface area contributed by atoms with Gasteiger partial charge in [-0.2, -0.15) is 9.90 Å². The molecule has 12 heteroatoms. The number of aryl methyl sites for hydroxylation is 2. The number of nitrogens with two attached hydrogens (primary N) is 1. The van der Waals surface area contributed by atoms with Gasteiger partial charge < -0.3 is 15.5 Å². The molecular weight excluding hydrogens is 352 g/mol. The summed E-state index contributed by atoms with van der Waals surface area (Å²) in [6.07, 6.45) is 4.43. The highest BCUT2D eigenvalue weighted by Crippen LogP contribution is 2.24. The summed E-state index contributed by atoms with van der Waals surface area (Å²) in [5.41, 5.74) is 7.19. The molecule has 0 aliphatic rings. The van der Waals surface area contributed by atoms with E-state index in [0.717, 1.165) is 0 Å². The van der Waals surface area contributed by atoms with Crippen molar-refractivity contribution >= 4 is 17.4 Å². The fraction of sp³-hybridized carbons (Fsp3) is 0.133. The molecule has 4 aromatic heterocycles. The predicted octanol–water partition coefficient (Wildman–Crippen LogP) is 0.495. The quantitative estimate of drug-likeness (QED) is 0.525. The van der Waals surface area contributed by atoms with E-state index < -0.39 is 5.91 Å². The van der Waals surface area contributed by atoms with E-state index in [4.69, 9.17) is 10.2 Å². The molecule has 12 nitrogen and oxygen atoms in total. The molecule has 0 radical (unpaired) electrons. The molecule has 0 bridgehead atoms. The first-order valence-electron chi connectivity index (χ1n) is 7.76. The SMILES string of the molecule is Cn1cc(NC(=O)c2coc(-c3ccnc(N)c3)n2)c(-c2nnn(C)n2)n1. The second-order valence-corrected chi connectivity index (χ2v) is 5.63. The third-order valence-electron chi connectivity index (χ3n) is 3.56. The second kappa shape index (κ2) is 6.33. The number of carbonyl (C=O) groups excluding carboxylic acids is 1. The van der Waals surface area contributed by atoms with Crippen molar-refractivity contribution in [1.29, 1.82) is 0 Å². The normalized spacial score (nSPS) is 10.9. The van der Waals surface area contributed by atoms with E-state index in [1.807, 2.05) is 0 Å². The third kappa shape index (κ3) is 3.22. The number of oxazole rings is 1. The van der Waals surface area contributed by atoms with Crippen LogP contribution < -0.4 is 11.1 Å². The van der Waals surface area contributed by atoms with Gasteiger partial charge in [-0.05, 0) is 17.3 Å². The Morgan fingerprint density at radius 1 is 1.30 bits per heavy atom. The molecule has 0 spiro atoms. The smallest absolute Gasteiger partial charge is 0.277 e. The predicted molar refractivity (Wildman–Crippen MR) is 93.1 cm³/mol. The minimum absolute atomic E-state index is 0.0993. The minimum Gasteiger partial charge on any atom is -0.444 e. The Bertz CT molecular complexity index is 1130. The number of pyridine rings is 1. The highest BCUT2D eigenvalue weighted by Gasteiger charge is 2.20. The summed E-state index contributed by atoms with van der Waals surface area (Å²) in [6.45, 7) is 0. The topological polar surface area (TPSA) is 155 Å². The van der Waals surface area contributed by atoms with E-state index in [1.54, 1.807) is 32.4 Å². The maximum atomic E-state index is 12.6. The van der Waals surface area contributed by atoms with Gasteiger partial charge in [0.1, 0.15) is 12.1 Å². The average molecular weight is 366 g/mol. The highest BCUT2D eigenvalue weighted by atomic mass is 16.3. The third-order valence-corrected chi connectivity index (χ3v) is 3.56. The number of carbonyl (C=O) groups is 1. The lowest BCUT2D eigenvalue weighted by Gasteiger charge is -2.00. The van der Waals surface area contributed by atoms with Gasteiger partial charge in [-0.1, -0.05) is 0 Å². The molecule has 136 valence electrons. The molecule has 4 rings (SSSR count). The zero-order chi connectivity index (χ0) is 19.0. The number of rotatable bonds is 4. The van der Waals surface area contributed by atoms with Crippen LogP contribution in [0.2, 0.25) is 0 Å². The lowest BCUT2D eigenvalue weighted by atomic mass is 10.2. The van der Waals surface area contributed by atoms with Crippen molar-refractivity contribution < 1.29 is 9.21 Å². The van der Waals surface area contributed by atoms with Crippen molar-refractivity contribution in [1.82, 2.24) is 40.0 Å². The van der Waals surface area contributed by atoms with Crippen LogP contribution in [0.5, 0.6) is 0 Å². The van der Waals surface area contributed by atoms with Crippen LogP contribution >= 0.6 is 0 Å². The summed E-state index contributed by atoms with van der Waals surface area (Å²) in [4.78, 5) is 22.0. The lowest BCUT2D eigenvalue weighted by Crippen LogP contribution is -2.12.